The molecule has 110 valence electrons. The molecule has 1 aromatic carbocycles. The first-order valence-corrected chi connectivity index (χ1v) is 6.98. The summed E-state index contributed by atoms with van der Waals surface area (Å²) in [7, 11) is 0. The molecule has 0 aliphatic carbocycles. The van der Waals surface area contributed by atoms with Crippen LogP contribution >= 0.6 is 11.6 Å². The molecule has 0 saturated carbocycles. The van der Waals surface area contributed by atoms with E-state index in [0.29, 0.717) is 21.9 Å². The molecule has 0 heterocycles. The molecule has 0 aliphatic heterocycles. The zero-order valence-electron chi connectivity index (χ0n) is 11.9. The van der Waals surface area contributed by atoms with Crippen molar-refractivity contribution in [2.75, 3.05) is 6.61 Å². The average molecular weight is 299 g/mol. The average Bonchev–Trinajstić information content (AvgIpc) is 2.41. The zero-order chi connectivity index (χ0) is 15.3. The number of carboxylic acid groups (broad SMARTS) is 1. The van der Waals surface area contributed by atoms with Crippen molar-refractivity contribution in [2.45, 2.75) is 33.6 Å². The number of ether oxygens (including phenoxy) is 1. The summed E-state index contributed by atoms with van der Waals surface area (Å²) in [5.74, 6) is -0.693. The summed E-state index contributed by atoms with van der Waals surface area (Å²) in [6.07, 6.45) is 1.53. The Hall–Kier alpha value is -1.55. The first-order valence-electron chi connectivity index (χ1n) is 6.60. The van der Waals surface area contributed by atoms with Gasteiger partial charge in [-0.1, -0.05) is 25.4 Å². The van der Waals surface area contributed by atoms with E-state index >= 15 is 0 Å². The molecule has 0 aliphatic rings. The number of carbonyl (C=O) groups excluding carboxylic acids is 1. The minimum absolute atomic E-state index is 0.0212. The van der Waals surface area contributed by atoms with Crippen LogP contribution in [-0.4, -0.2) is 23.5 Å². The topological polar surface area (TPSA) is 63.6 Å². The Morgan fingerprint density at radius 2 is 1.90 bits per heavy atom. The van der Waals surface area contributed by atoms with Crippen LogP contribution in [0.1, 0.15) is 42.6 Å². The largest absolute Gasteiger partial charge is 0.482 e. The first kappa shape index (κ1) is 16.5. The lowest BCUT2D eigenvalue weighted by Crippen LogP contribution is -2.15. The molecular formula is C15H19ClO4. The molecule has 0 atom stereocenters. The highest BCUT2D eigenvalue weighted by molar-refractivity contribution is 6.35. The summed E-state index contributed by atoms with van der Waals surface area (Å²) < 4.78 is 5.13. The van der Waals surface area contributed by atoms with Crippen molar-refractivity contribution in [2.24, 2.45) is 5.92 Å². The van der Waals surface area contributed by atoms with E-state index in [0.717, 1.165) is 12.8 Å². The summed E-state index contributed by atoms with van der Waals surface area (Å²) in [6, 6.07) is 3.20. The number of carboxylic acids is 1. The van der Waals surface area contributed by atoms with Gasteiger partial charge in [0.05, 0.1) is 5.02 Å². The van der Waals surface area contributed by atoms with Crippen molar-refractivity contribution < 1.29 is 19.4 Å². The molecule has 1 N–H and O–H groups in total. The fourth-order valence-electron chi connectivity index (χ4n) is 2.03. The van der Waals surface area contributed by atoms with Gasteiger partial charge in [-0.25, -0.2) is 4.79 Å². The normalized spacial score (nSPS) is 10.7. The van der Waals surface area contributed by atoms with Crippen LogP contribution in [0.15, 0.2) is 12.1 Å². The molecule has 1 aromatic rings. The Morgan fingerprint density at radius 1 is 1.30 bits per heavy atom. The van der Waals surface area contributed by atoms with E-state index in [-0.39, 0.29) is 11.7 Å². The second-order valence-electron chi connectivity index (χ2n) is 4.61. The summed E-state index contributed by atoms with van der Waals surface area (Å²) in [5, 5.41) is 8.94. The lowest BCUT2D eigenvalue weighted by molar-refractivity contribution is -0.139. The van der Waals surface area contributed by atoms with Crippen molar-refractivity contribution in [3.8, 4) is 5.75 Å². The molecule has 0 saturated heterocycles. The maximum absolute atomic E-state index is 12.3. The number of hydrogen-bond donors (Lipinski definition) is 1. The van der Waals surface area contributed by atoms with Crippen molar-refractivity contribution in [1.29, 1.82) is 0 Å². The minimum Gasteiger partial charge on any atom is -0.482 e. The Labute approximate surface area is 123 Å². The van der Waals surface area contributed by atoms with Gasteiger partial charge in [0.25, 0.3) is 0 Å². The van der Waals surface area contributed by atoms with Gasteiger partial charge in [0.15, 0.2) is 12.4 Å². The van der Waals surface area contributed by atoms with Crippen molar-refractivity contribution in [3.05, 3.63) is 28.3 Å². The Kier molecular flexibility index (Phi) is 6.02. The number of hydrogen-bond acceptors (Lipinski definition) is 3. The van der Waals surface area contributed by atoms with Crippen molar-refractivity contribution in [1.82, 2.24) is 0 Å². The van der Waals surface area contributed by atoms with Gasteiger partial charge in [-0.2, -0.15) is 0 Å². The predicted octanol–water partition coefficient (Wildman–Crippen LogP) is 3.73. The van der Waals surface area contributed by atoms with E-state index in [2.05, 4.69) is 0 Å². The quantitative estimate of drug-likeness (QED) is 0.779. The molecule has 0 spiro atoms. The fourth-order valence-corrected chi connectivity index (χ4v) is 2.28. The number of ketones is 1. The van der Waals surface area contributed by atoms with Crippen LogP contribution in [0, 0.1) is 12.8 Å². The maximum Gasteiger partial charge on any atom is 0.341 e. The van der Waals surface area contributed by atoms with Gasteiger partial charge in [-0.15, -0.1) is 0 Å². The highest BCUT2D eigenvalue weighted by atomic mass is 35.5. The Morgan fingerprint density at radius 3 is 2.40 bits per heavy atom. The van der Waals surface area contributed by atoms with Crippen LogP contribution in [0.2, 0.25) is 5.02 Å². The van der Waals surface area contributed by atoms with E-state index < -0.39 is 12.6 Å². The van der Waals surface area contributed by atoms with E-state index in [9.17, 15) is 9.59 Å². The number of carbonyl (C=O) groups is 2. The minimum atomic E-state index is -1.06. The fraction of sp³-hybridized carbons (Fsp3) is 0.467. The van der Waals surface area contributed by atoms with Gasteiger partial charge < -0.3 is 9.84 Å². The highest BCUT2D eigenvalue weighted by Crippen LogP contribution is 2.31. The van der Waals surface area contributed by atoms with E-state index in [4.69, 9.17) is 21.4 Å². The van der Waals surface area contributed by atoms with Gasteiger partial charge in [-0.05, 0) is 31.9 Å². The maximum atomic E-state index is 12.3. The number of rotatable bonds is 7. The van der Waals surface area contributed by atoms with Crippen LogP contribution in [0.25, 0.3) is 0 Å². The molecule has 20 heavy (non-hydrogen) atoms. The van der Waals surface area contributed by atoms with Crippen molar-refractivity contribution >= 4 is 23.4 Å². The number of benzene rings is 1. The number of aliphatic carboxylic acids is 1. The molecule has 4 nitrogen and oxygen atoms in total. The third kappa shape index (κ3) is 3.73. The summed E-state index contributed by atoms with van der Waals surface area (Å²) in [5.41, 5.74) is 1.06. The molecular weight excluding hydrogens is 280 g/mol. The number of halogens is 1. The van der Waals surface area contributed by atoms with Gasteiger partial charge in [0, 0.05) is 17.0 Å². The summed E-state index contributed by atoms with van der Waals surface area (Å²) in [6.45, 7) is 5.22. The molecule has 0 bridgehead atoms. The second kappa shape index (κ2) is 7.29. The molecule has 0 unspecified atom stereocenters. The van der Waals surface area contributed by atoms with Gasteiger partial charge in [0.2, 0.25) is 0 Å². The summed E-state index contributed by atoms with van der Waals surface area (Å²) in [4.78, 5) is 22.8. The van der Waals surface area contributed by atoms with Gasteiger partial charge in [0.1, 0.15) is 5.75 Å². The summed E-state index contributed by atoms with van der Waals surface area (Å²) >= 11 is 6.22. The smallest absolute Gasteiger partial charge is 0.341 e. The lowest BCUT2D eigenvalue weighted by Gasteiger charge is -2.15. The lowest BCUT2D eigenvalue weighted by atomic mass is 9.92. The third-order valence-electron chi connectivity index (χ3n) is 3.31. The van der Waals surface area contributed by atoms with E-state index in [1.54, 1.807) is 19.1 Å². The van der Waals surface area contributed by atoms with E-state index in [1.165, 1.54) is 0 Å². The van der Waals surface area contributed by atoms with Crippen LogP contribution in [-0.2, 0) is 4.79 Å². The van der Waals surface area contributed by atoms with Crippen LogP contribution in [0.3, 0.4) is 0 Å². The van der Waals surface area contributed by atoms with E-state index in [1.807, 2.05) is 13.8 Å². The van der Waals surface area contributed by atoms with Crippen molar-refractivity contribution in [3.63, 3.8) is 0 Å². The molecule has 5 heteroatoms. The zero-order valence-corrected chi connectivity index (χ0v) is 12.7. The molecule has 1 rings (SSSR count). The Balaban J connectivity index is 3.05. The number of Topliss-reactive ketones (excluding diaryl/α,β-unsaturated/α-hetero) is 1. The van der Waals surface area contributed by atoms with Crippen LogP contribution < -0.4 is 4.74 Å². The SMILES string of the molecule is CCC(CC)C(=O)c1ccc(OCC(=O)O)c(C)c1Cl. The third-order valence-corrected chi connectivity index (χ3v) is 3.80. The standard InChI is InChI=1S/C15H19ClO4/c1-4-10(5-2)15(19)11-6-7-12(9(3)14(11)16)20-8-13(17)18/h6-7,10H,4-5,8H2,1-3H3,(H,17,18). The molecule has 0 radical (unpaired) electrons. The predicted molar refractivity (Wildman–Crippen MR) is 77.7 cm³/mol. The molecule has 0 amide bonds. The first-order chi connectivity index (χ1) is 9.42. The second-order valence-corrected chi connectivity index (χ2v) is 4.99. The van der Waals surface area contributed by atoms with Gasteiger partial charge in [-0.3, -0.25) is 4.79 Å². The monoisotopic (exact) mass is 298 g/mol. The molecule has 0 fully saturated rings. The van der Waals surface area contributed by atoms with Crippen LogP contribution in [0.4, 0.5) is 0 Å². The Bertz CT molecular complexity index is 507. The van der Waals surface area contributed by atoms with Gasteiger partial charge >= 0.3 is 5.97 Å². The molecule has 0 aromatic heterocycles. The highest BCUT2D eigenvalue weighted by Gasteiger charge is 2.21. The van der Waals surface area contributed by atoms with Crippen LogP contribution in [0.5, 0.6) is 5.75 Å².